The Morgan fingerprint density at radius 3 is 2.54 bits per heavy atom. The summed E-state index contributed by atoms with van der Waals surface area (Å²) in [6.45, 7) is 0.323. The van der Waals surface area contributed by atoms with E-state index in [0.717, 1.165) is 24.0 Å². The minimum atomic E-state index is -4.49. The van der Waals surface area contributed by atoms with E-state index in [-0.39, 0.29) is 10.8 Å². The molecule has 10 heteroatoms. The molecule has 128 valence electrons. The fourth-order valence-corrected chi connectivity index (χ4v) is 2.39. The van der Waals surface area contributed by atoms with Gasteiger partial charge in [-0.3, -0.25) is 10.1 Å². The highest BCUT2D eigenvalue weighted by atomic mass is 32.2. The standard InChI is InChI=1S/C14H12F3N3O3S/c15-14(16,17)12-6-7-18-13(19-12)24-9-1-8-23-11-4-2-10(3-5-11)20(21)22/h2-7H,1,8-9H2. The maximum absolute atomic E-state index is 12.5. The van der Waals surface area contributed by atoms with Crippen LogP contribution in [0.1, 0.15) is 12.1 Å². The molecule has 0 N–H and O–H groups in total. The number of thioether (sulfide) groups is 1. The van der Waals surface area contributed by atoms with Crippen LogP contribution in [0.5, 0.6) is 5.75 Å². The van der Waals surface area contributed by atoms with Crippen molar-refractivity contribution in [2.75, 3.05) is 12.4 Å². The van der Waals surface area contributed by atoms with Crippen molar-refractivity contribution in [2.45, 2.75) is 17.8 Å². The van der Waals surface area contributed by atoms with E-state index in [4.69, 9.17) is 4.74 Å². The number of nitro benzene ring substituents is 1. The lowest BCUT2D eigenvalue weighted by Crippen LogP contribution is -2.09. The number of hydrogen-bond acceptors (Lipinski definition) is 6. The minimum Gasteiger partial charge on any atom is -0.494 e. The van der Waals surface area contributed by atoms with Crippen LogP contribution in [-0.2, 0) is 6.18 Å². The molecule has 1 aromatic heterocycles. The van der Waals surface area contributed by atoms with Crippen LogP contribution in [0.2, 0.25) is 0 Å². The van der Waals surface area contributed by atoms with Crippen LogP contribution >= 0.6 is 11.8 Å². The van der Waals surface area contributed by atoms with Gasteiger partial charge in [-0.15, -0.1) is 0 Å². The van der Waals surface area contributed by atoms with Crippen molar-refractivity contribution in [1.29, 1.82) is 0 Å². The van der Waals surface area contributed by atoms with Crippen LogP contribution in [0.3, 0.4) is 0 Å². The highest BCUT2D eigenvalue weighted by Gasteiger charge is 2.32. The zero-order valence-electron chi connectivity index (χ0n) is 12.2. The van der Waals surface area contributed by atoms with Crippen LogP contribution in [0, 0.1) is 10.1 Å². The number of ether oxygens (including phenoxy) is 1. The van der Waals surface area contributed by atoms with Crippen molar-refractivity contribution in [1.82, 2.24) is 9.97 Å². The Morgan fingerprint density at radius 1 is 1.21 bits per heavy atom. The average molecular weight is 359 g/mol. The van der Waals surface area contributed by atoms with Gasteiger partial charge in [-0.25, -0.2) is 9.97 Å². The van der Waals surface area contributed by atoms with E-state index in [1.54, 1.807) is 0 Å². The number of halogens is 3. The third-order valence-corrected chi connectivity index (χ3v) is 3.71. The zero-order valence-corrected chi connectivity index (χ0v) is 13.0. The highest BCUT2D eigenvalue weighted by molar-refractivity contribution is 7.99. The van der Waals surface area contributed by atoms with Gasteiger partial charge in [0.25, 0.3) is 5.69 Å². The summed E-state index contributed by atoms with van der Waals surface area (Å²) in [5.41, 5.74) is -0.998. The maximum Gasteiger partial charge on any atom is 0.433 e. The third kappa shape index (κ3) is 5.37. The van der Waals surface area contributed by atoms with Crippen LogP contribution in [0.4, 0.5) is 18.9 Å². The zero-order chi connectivity index (χ0) is 17.6. The van der Waals surface area contributed by atoms with E-state index in [0.29, 0.717) is 24.5 Å². The summed E-state index contributed by atoms with van der Waals surface area (Å²) in [5.74, 6) is 0.967. The van der Waals surface area contributed by atoms with E-state index in [1.165, 1.54) is 24.3 Å². The number of hydrogen-bond donors (Lipinski definition) is 0. The second-order valence-corrected chi connectivity index (χ2v) is 5.59. The number of nitrogens with zero attached hydrogens (tertiary/aromatic N) is 3. The fraction of sp³-hybridized carbons (Fsp3) is 0.286. The molecule has 24 heavy (non-hydrogen) atoms. The van der Waals surface area contributed by atoms with Gasteiger partial charge in [0.15, 0.2) is 5.16 Å². The number of aromatic nitrogens is 2. The first-order valence-electron chi connectivity index (χ1n) is 6.76. The molecule has 0 saturated heterocycles. The molecule has 0 atom stereocenters. The normalized spacial score (nSPS) is 11.3. The molecule has 0 unspecified atom stereocenters. The number of alkyl halides is 3. The van der Waals surface area contributed by atoms with Crippen molar-refractivity contribution >= 4 is 17.4 Å². The average Bonchev–Trinajstić information content (AvgIpc) is 2.54. The first kappa shape index (κ1) is 18.0. The fourth-order valence-electron chi connectivity index (χ4n) is 1.64. The highest BCUT2D eigenvalue weighted by Crippen LogP contribution is 2.28. The molecule has 0 radical (unpaired) electrons. The first-order chi connectivity index (χ1) is 11.4. The molecule has 0 spiro atoms. The lowest BCUT2D eigenvalue weighted by molar-refractivity contribution is -0.384. The van der Waals surface area contributed by atoms with E-state index < -0.39 is 16.8 Å². The van der Waals surface area contributed by atoms with Gasteiger partial charge >= 0.3 is 6.18 Å². The first-order valence-corrected chi connectivity index (χ1v) is 7.75. The van der Waals surface area contributed by atoms with E-state index in [9.17, 15) is 23.3 Å². The predicted octanol–water partition coefficient (Wildman–Crippen LogP) is 3.96. The Kier molecular flexibility index (Phi) is 5.96. The van der Waals surface area contributed by atoms with Gasteiger partial charge < -0.3 is 4.74 Å². The summed E-state index contributed by atoms with van der Waals surface area (Å²) in [6.07, 6.45) is -2.86. The molecule has 2 rings (SSSR count). The van der Waals surface area contributed by atoms with Crippen LogP contribution in [0.15, 0.2) is 41.7 Å². The molecule has 1 heterocycles. The van der Waals surface area contributed by atoms with Crippen LogP contribution < -0.4 is 4.74 Å². The van der Waals surface area contributed by atoms with Gasteiger partial charge in [-0.1, -0.05) is 11.8 Å². The van der Waals surface area contributed by atoms with Crippen molar-refractivity contribution in [3.8, 4) is 5.75 Å². The van der Waals surface area contributed by atoms with Gasteiger partial charge in [0, 0.05) is 24.1 Å². The van der Waals surface area contributed by atoms with Crippen molar-refractivity contribution < 1.29 is 22.8 Å². The Bertz CT molecular complexity index is 696. The van der Waals surface area contributed by atoms with Crippen LogP contribution in [-0.4, -0.2) is 27.3 Å². The second-order valence-electron chi connectivity index (χ2n) is 4.52. The summed E-state index contributed by atoms with van der Waals surface area (Å²) in [5, 5.41) is 10.6. The van der Waals surface area contributed by atoms with Gasteiger partial charge in [0.2, 0.25) is 0 Å². The largest absolute Gasteiger partial charge is 0.494 e. The third-order valence-electron chi connectivity index (χ3n) is 2.76. The molecule has 0 aliphatic carbocycles. The maximum atomic E-state index is 12.5. The number of nitro groups is 1. The van der Waals surface area contributed by atoms with E-state index in [1.807, 2.05) is 0 Å². The Labute approximate surface area is 139 Å². The topological polar surface area (TPSA) is 78.2 Å². The van der Waals surface area contributed by atoms with Crippen molar-refractivity contribution in [3.05, 3.63) is 52.3 Å². The minimum absolute atomic E-state index is 0.0281. The quantitative estimate of drug-likeness (QED) is 0.245. The van der Waals surface area contributed by atoms with Crippen LogP contribution in [0.25, 0.3) is 0 Å². The molecule has 6 nitrogen and oxygen atoms in total. The number of benzene rings is 1. The van der Waals surface area contributed by atoms with E-state index >= 15 is 0 Å². The van der Waals surface area contributed by atoms with Crippen molar-refractivity contribution in [2.24, 2.45) is 0 Å². The van der Waals surface area contributed by atoms with E-state index in [2.05, 4.69) is 9.97 Å². The second kappa shape index (κ2) is 7.95. The van der Waals surface area contributed by atoms with Gasteiger partial charge in [0.1, 0.15) is 11.4 Å². The Balaban J connectivity index is 1.74. The SMILES string of the molecule is O=[N+]([O-])c1ccc(OCCCSc2nccc(C(F)(F)F)n2)cc1. The molecule has 1 aromatic carbocycles. The molecule has 0 aliphatic heterocycles. The molecule has 0 bridgehead atoms. The molecular weight excluding hydrogens is 347 g/mol. The summed E-state index contributed by atoms with van der Waals surface area (Å²) >= 11 is 1.10. The molecule has 0 fully saturated rings. The van der Waals surface area contributed by atoms with Gasteiger partial charge in [0.05, 0.1) is 11.5 Å². The number of rotatable bonds is 7. The summed E-state index contributed by atoms with van der Waals surface area (Å²) < 4.78 is 42.9. The Hall–Kier alpha value is -2.36. The molecular formula is C14H12F3N3O3S. The lowest BCUT2D eigenvalue weighted by atomic mass is 10.3. The lowest BCUT2D eigenvalue weighted by Gasteiger charge is -2.07. The summed E-state index contributed by atoms with van der Waals surface area (Å²) in [6, 6.07) is 6.46. The summed E-state index contributed by atoms with van der Waals surface area (Å²) in [7, 11) is 0. The number of non-ortho nitro benzene ring substituents is 1. The molecule has 0 aliphatic rings. The van der Waals surface area contributed by atoms with Gasteiger partial charge in [-0.05, 0) is 24.6 Å². The summed E-state index contributed by atoms with van der Waals surface area (Å²) in [4.78, 5) is 17.2. The Morgan fingerprint density at radius 2 is 1.92 bits per heavy atom. The van der Waals surface area contributed by atoms with Crippen molar-refractivity contribution in [3.63, 3.8) is 0 Å². The molecule has 0 saturated carbocycles. The monoisotopic (exact) mass is 359 g/mol. The van der Waals surface area contributed by atoms with Gasteiger partial charge in [-0.2, -0.15) is 13.2 Å². The molecule has 0 amide bonds. The predicted molar refractivity (Wildman–Crippen MR) is 81.0 cm³/mol. The smallest absolute Gasteiger partial charge is 0.433 e. The molecule has 2 aromatic rings.